The summed E-state index contributed by atoms with van der Waals surface area (Å²) < 4.78 is 11.4. The van der Waals surface area contributed by atoms with E-state index < -0.39 is 16.5 Å². The molecule has 3 aromatic rings. The summed E-state index contributed by atoms with van der Waals surface area (Å²) in [4.78, 5) is 36.8. The molecule has 0 saturated heterocycles. The quantitative estimate of drug-likeness (QED) is 0.236. The molecule has 0 amide bonds. The first-order valence-corrected chi connectivity index (χ1v) is 6.85. The highest BCUT2D eigenvalue weighted by molar-refractivity contribution is 5.82. The van der Waals surface area contributed by atoms with Gasteiger partial charge in [0.1, 0.15) is 23.7 Å². The van der Waals surface area contributed by atoms with Crippen molar-refractivity contribution >= 4 is 22.9 Å². The molecule has 1 aromatic carbocycles. The van der Waals surface area contributed by atoms with E-state index in [2.05, 4.69) is 4.98 Å². The van der Waals surface area contributed by atoms with Crippen molar-refractivity contribution < 1.29 is 18.9 Å². The molecule has 9 nitrogen and oxygen atoms in total. The lowest BCUT2D eigenvalue weighted by Gasteiger charge is -2.07. The van der Waals surface area contributed by atoms with Crippen molar-refractivity contribution in [1.29, 1.82) is 0 Å². The van der Waals surface area contributed by atoms with Gasteiger partial charge in [0.05, 0.1) is 6.54 Å². The Balaban J connectivity index is 2.07. The molecule has 0 unspecified atom stereocenters. The lowest BCUT2D eigenvalue weighted by Crippen LogP contribution is -2.08. The second-order valence-corrected chi connectivity index (χ2v) is 4.95. The van der Waals surface area contributed by atoms with E-state index in [-0.39, 0.29) is 23.8 Å². The van der Waals surface area contributed by atoms with E-state index in [0.29, 0.717) is 10.9 Å². The zero-order valence-corrected chi connectivity index (χ0v) is 12.5. The van der Waals surface area contributed by atoms with E-state index in [1.165, 1.54) is 36.0 Å². The molecule has 122 valence electrons. The normalized spacial score (nSPS) is 10.7. The predicted octanol–water partition coefficient (Wildman–Crippen LogP) is 1.87. The standard InChI is InChI=1S/C15H11N3O6/c1-9(19)23-11-2-3-12-10(6-14(20)24-13(12)7-11)8-17-5-4-16-15(17)18(21)22/h2-7H,8H2,1H3. The Morgan fingerprint density at radius 2 is 2.21 bits per heavy atom. The summed E-state index contributed by atoms with van der Waals surface area (Å²) in [6, 6.07) is 5.85. The van der Waals surface area contributed by atoms with E-state index >= 15 is 0 Å². The van der Waals surface area contributed by atoms with Gasteiger partial charge in [-0.05, 0) is 17.1 Å². The zero-order valence-electron chi connectivity index (χ0n) is 12.5. The predicted molar refractivity (Wildman–Crippen MR) is 81.8 cm³/mol. The number of benzene rings is 1. The van der Waals surface area contributed by atoms with E-state index in [0.717, 1.165) is 0 Å². The molecule has 0 fully saturated rings. The molecular formula is C15H11N3O6. The van der Waals surface area contributed by atoms with E-state index in [9.17, 15) is 19.7 Å². The number of aromatic nitrogens is 2. The lowest BCUT2D eigenvalue weighted by molar-refractivity contribution is -0.396. The first-order valence-electron chi connectivity index (χ1n) is 6.85. The van der Waals surface area contributed by atoms with Gasteiger partial charge >= 0.3 is 17.5 Å². The maximum absolute atomic E-state index is 11.8. The van der Waals surface area contributed by atoms with E-state index in [4.69, 9.17) is 9.15 Å². The molecular weight excluding hydrogens is 318 g/mol. The zero-order chi connectivity index (χ0) is 17.3. The van der Waals surface area contributed by atoms with Gasteiger partial charge in [-0.1, -0.05) is 4.98 Å². The topological polar surface area (TPSA) is 117 Å². The molecule has 2 heterocycles. The van der Waals surface area contributed by atoms with Gasteiger partial charge in [-0.2, -0.15) is 0 Å². The van der Waals surface area contributed by atoms with Crippen molar-refractivity contribution in [1.82, 2.24) is 9.55 Å². The van der Waals surface area contributed by atoms with Gasteiger partial charge in [0.25, 0.3) is 0 Å². The minimum absolute atomic E-state index is 0.0747. The average Bonchev–Trinajstić information content (AvgIpc) is 2.94. The Morgan fingerprint density at radius 1 is 1.42 bits per heavy atom. The number of nitrogens with zero attached hydrogens (tertiary/aromatic N) is 3. The third kappa shape index (κ3) is 3.00. The van der Waals surface area contributed by atoms with Crippen LogP contribution in [0.15, 0.2) is 45.9 Å². The maximum Gasteiger partial charge on any atom is 0.434 e. The van der Waals surface area contributed by atoms with Crippen LogP contribution in [-0.2, 0) is 11.3 Å². The highest BCUT2D eigenvalue weighted by Crippen LogP contribution is 2.24. The Labute approximate surface area is 134 Å². The number of ether oxygens (including phenoxy) is 1. The first-order chi connectivity index (χ1) is 11.4. The summed E-state index contributed by atoms with van der Waals surface area (Å²) in [5, 5.41) is 11.5. The fraction of sp³-hybridized carbons (Fsp3) is 0.133. The monoisotopic (exact) mass is 329 g/mol. The highest BCUT2D eigenvalue weighted by Gasteiger charge is 2.16. The number of carbonyl (C=O) groups excluding carboxylic acids is 1. The van der Waals surface area contributed by atoms with Crippen molar-refractivity contribution in [2.75, 3.05) is 0 Å². The summed E-state index contributed by atoms with van der Waals surface area (Å²) in [5.41, 5.74) is 0.135. The first kappa shape index (κ1) is 15.4. The van der Waals surface area contributed by atoms with E-state index in [1.807, 2.05) is 0 Å². The Bertz CT molecular complexity index is 1000. The minimum atomic E-state index is -0.611. The lowest BCUT2D eigenvalue weighted by atomic mass is 10.1. The summed E-state index contributed by atoms with van der Waals surface area (Å²) in [5.74, 6) is -0.585. The molecule has 3 rings (SSSR count). The molecule has 2 aromatic heterocycles. The molecule has 0 bridgehead atoms. The number of carbonyl (C=O) groups is 1. The van der Waals surface area contributed by atoms with Crippen LogP contribution in [0.5, 0.6) is 5.75 Å². The molecule has 0 N–H and O–H groups in total. The third-order valence-electron chi connectivity index (χ3n) is 3.26. The Kier molecular flexibility index (Phi) is 3.82. The number of esters is 1. The second-order valence-electron chi connectivity index (χ2n) is 4.95. The average molecular weight is 329 g/mol. The summed E-state index contributed by atoms with van der Waals surface area (Å²) in [7, 11) is 0. The number of hydrogen-bond donors (Lipinski definition) is 0. The van der Waals surface area contributed by atoms with Crippen molar-refractivity contribution in [3.05, 3.63) is 62.8 Å². The molecule has 24 heavy (non-hydrogen) atoms. The molecule has 0 radical (unpaired) electrons. The Morgan fingerprint density at radius 3 is 2.92 bits per heavy atom. The van der Waals surface area contributed by atoms with Gasteiger partial charge in [-0.3, -0.25) is 4.79 Å². The summed E-state index contributed by atoms with van der Waals surface area (Å²) in [6.45, 7) is 1.33. The van der Waals surface area contributed by atoms with E-state index in [1.54, 1.807) is 12.1 Å². The number of rotatable bonds is 4. The van der Waals surface area contributed by atoms with Crippen molar-refractivity contribution in [3.63, 3.8) is 0 Å². The van der Waals surface area contributed by atoms with Gasteiger partial charge < -0.3 is 19.3 Å². The van der Waals surface area contributed by atoms with Crippen LogP contribution in [0.2, 0.25) is 0 Å². The van der Waals surface area contributed by atoms with Gasteiger partial charge in [0.2, 0.25) is 0 Å². The van der Waals surface area contributed by atoms with Gasteiger partial charge in [-0.15, -0.1) is 0 Å². The van der Waals surface area contributed by atoms with Crippen molar-refractivity contribution in [3.8, 4) is 5.75 Å². The molecule has 0 aliphatic rings. The van der Waals surface area contributed by atoms with Crippen LogP contribution in [0, 0.1) is 10.1 Å². The number of nitro groups is 1. The van der Waals surface area contributed by atoms with Crippen LogP contribution in [-0.4, -0.2) is 20.4 Å². The van der Waals surface area contributed by atoms with Crippen LogP contribution in [0.1, 0.15) is 12.5 Å². The largest absolute Gasteiger partial charge is 0.434 e. The third-order valence-corrected chi connectivity index (χ3v) is 3.26. The molecule has 9 heteroatoms. The van der Waals surface area contributed by atoms with Crippen LogP contribution >= 0.6 is 0 Å². The van der Waals surface area contributed by atoms with Crippen molar-refractivity contribution in [2.45, 2.75) is 13.5 Å². The molecule has 0 atom stereocenters. The maximum atomic E-state index is 11.8. The SMILES string of the molecule is CC(=O)Oc1ccc2c(Cn3ccnc3[N+](=O)[O-])cc(=O)oc2c1. The van der Waals surface area contributed by atoms with Crippen LogP contribution in [0.25, 0.3) is 11.0 Å². The molecule has 0 aliphatic carbocycles. The van der Waals surface area contributed by atoms with Gasteiger partial charge in [0.15, 0.2) is 0 Å². The molecule has 0 spiro atoms. The summed E-state index contributed by atoms with van der Waals surface area (Å²) in [6.07, 6.45) is 2.76. The second kappa shape index (κ2) is 5.95. The number of hydrogen-bond acceptors (Lipinski definition) is 7. The fourth-order valence-corrected chi connectivity index (χ4v) is 2.35. The van der Waals surface area contributed by atoms with Gasteiger partial charge in [-0.25, -0.2) is 9.36 Å². The van der Waals surface area contributed by atoms with Crippen LogP contribution in [0.4, 0.5) is 5.95 Å². The number of imidazole rings is 1. The van der Waals surface area contributed by atoms with Crippen molar-refractivity contribution in [2.24, 2.45) is 0 Å². The smallest absolute Gasteiger partial charge is 0.427 e. The molecule has 0 aliphatic heterocycles. The van der Waals surface area contributed by atoms with Crippen LogP contribution in [0.3, 0.4) is 0 Å². The highest BCUT2D eigenvalue weighted by atomic mass is 16.6. The van der Waals surface area contributed by atoms with Crippen LogP contribution < -0.4 is 10.4 Å². The Hall–Kier alpha value is -3.49. The van der Waals surface area contributed by atoms with Gasteiger partial charge in [0, 0.05) is 30.0 Å². The minimum Gasteiger partial charge on any atom is -0.427 e. The fourth-order valence-electron chi connectivity index (χ4n) is 2.35. The summed E-state index contributed by atoms with van der Waals surface area (Å²) >= 11 is 0. The number of fused-ring (bicyclic) bond motifs is 1. The molecule has 0 saturated carbocycles.